The quantitative estimate of drug-likeness (QED) is 0.0868. The molecule has 37 heavy (non-hydrogen) atoms. The highest BCUT2D eigenvalue weighted by Gasteiger charge is 2.13. The van der Waals surface area contributed by atoms with Crippen LogP contribution >= 0.6 is 7.60 Å². The first-order valence-corrected chi connectivity index (χ1v) is 14.4. The van der Waals surface area contributed by atoms with E-state index in [4.69, 9.17) is 9.79 Å². The first kappa shape index (κ1) is 32.3. The van der Waals surface area contributed by atoms with Gasteiger partial charge >= 0.3 is 7.60 Å². The monoisotopic (exact) mass is 528 g/mol. The van der Waals surface area contributed by atoms with Crippen molar-refractivity contribution in [3.8, 4) is 0 Å². The maximum atomic E-state index is 12.9. The summed E-state index contributed by atoms with van der Waals surface area (Å²) in [5, 5.41) is 9.40. The van der Waals surface area contributed by atoms with E-state index in [1.165, 1.54) is 34.4 Å². The first-order chi connectivity index (χ1) is 17.4. The second kappa shape index (κ2) is 16.2. The molecule has 0 spiro atoms. The Morgan fingerprint density at radius 3 is 2.54 bits per heavy atom. The standard InChI is InChI=1S/C18H27O3P.C13H15FO/c1-5-16(6-2)13-18-14(3)9-10-17(12-15(18)4)8-7-11-22(19,20)21;1-3-13(15)10(2)9-11-5-4-6-12(14)8-7-11/h5,9,12H,6-8,11,13H2,1-4H3,(H2,19,20,21);3-5,7-8,15H,1,6,9H2,2H3/b16-5+;13-10-. The highest BCUT2D eigenvalue weighted by atomic mass is 31.2. The fraction of sp³-hybridized carbons (Fsp3) is 0.387. The van der Waals surface area contributed by atoms with Gasteiger partial charge in [0.05, 0.1) is 6.16 Å². The second-order valence-corrected chi connectivity index (χ2v) is 11.1. The third kappa shape index (κ3) is 12.9. The lowest BCUT2D eigenvalue weighted by atomic mass is 9.93. The molecular weight excluding hydrogens is 486 g/mol. The van der Waals surface area contributed by atoms with Gasteiger partial charge in [-0.3, -0.25) is 4.57 Å². The molecule has 0 saturated heterocycles. The fourth-order valence-corrected chi connectivity index (χ4v) is 4.45. The van der Waals surface area contributed by atoms with Gasteiger partial charge in [-0.25, -0.2) is 4.39 Å². The van der Waals surface area contributed by atoms with Gasteiger partial charge in [0.1, 0.15) is 11.6 Å². The smallest absolute Gasteiger partial charge is 0.325 e. The number of halogens is 1. The van der Waals surface area contributed by atoms with Crippen LogP contribution in [-0.4, -0.2) is 21.1 Å². The van der Waals surface area contributed by atoms with E-state index in [0.29, 0.717) is 25.7 Å². The Morgan fingerprint density at radius 2 is 1.95 bits per heavy atom. The van der Waals surface area contributed by atoms with Crippen LogP contribution in [0.4, 0.5) is 4.39 Å². The van der Waals surface area contributed by atoms with Crippen molar-refractivity contribution in [3.05, 3.63) is 112 Å². The van der Waals surface area contributed by atoms with Gasteiger partial charge in [-0.1, -0.05) is 43.4 Å². The van der Waals surface area contributed by atoms with Crippen molar-refractivity contribution in [2.75, 3.05) is 6.16 Å². The summed E-state index contributed by atoms with van der Waals surface area (Å²) in [7, 11) is -3.90. The highest BCUT2D eigenvalue weighted by molar-refractivity contribution is 7.51. The Bertz CT molecular complexity index is 1160. The molecule has 2 aliphatic rings. The molecule has 0 bridgehead atoms. The number of rotatable bonds is 10. The van der Waals surface area contributed by atoms with Crippen LogP contribution < -0.4 is 0 Å². The van der Waals surface area contributed by atoms with Gasteiger partial charge in [-0.2, -0.15) is 0 Å². The van der Waals surface area contributed by atoms with Crippen molar-refractivity contribution < 1.29 is 23.8 Å². The molecule has 2 rings (SSSR count). The predicted octanol–water partition coefficient (Wildman–Crippen LogP) is 9.18. The van der Waals surface area contributed by atoms with Crippen LogP contribution in [0.1, 0.15) is 73.1 Å². The Kier molecular flexibility index (Phi) is 14.2. The Labute approximate surface area is 222 Å². The van der Waals surface area contributed by atoms with Crippen LogP contribution in [0.25, 0.3) is 0 Å². The number of hydrogen-bond donors (Lipinski definition) is 3. The minimum Gasteiger partial charge on any atom is -0.508 e. The minimum atomic E-state index is -3.90. The summed E-state index contributed by atoms with van der Waals surface area (Å²) in [6, 6.07) is 0. The van der Waals surface area contributed by atoms with E-state index < -0.39 is 7.60 Å². The van der Waals surface area contributed by atoms with Crippen LogP contribution in [0.5, 0.6) is 0 Å². The van der Waals surface area contributed by atoms with Gasteiger partial charge in [0.2, 0.25) is 0 Å². The maximum Gasteiger partial charge on any atom is 0.325 e. The zero-order valence-electron chi connectivity index (χ0n) is 22.9. The zero-order valence-corrected chi connectivity index (χ0v) is 23.7. The van der Waals surface area contributed by atoms with Crippen molar-refractivity contribution in [2.24, 2.45) is 0 Å². The summed E-state index contributed by atoms with van der Waals surface area (Å²) < 4.78 is 23.8. The largest absolute Gasteiger partial charge is 0.508 e. The molecule has 3 N–H and O–H groups in total. The predicted molar refractivity (Wildman–Crippen MR) is 154 cm³/mol. The summed E-state index contributed by atoms with van der Waals surface area (Å²) in [5.41, 5.74) is 11.3. The molecule has 0 saturated carbocycles. The summed E-state index contributed by atoms with van der Waals surface area (Å²) in [4.78, 5) is 17.9. The van der Waals surface area contributed by atoms with Gasteiger partial charge in [0, 0.05) is 6.42 Å². The molecule has 0 unspecified atom stereocenters. The summed E-state index contributed by atoms with van der Waals surface area (Å²) in [6.07, 6.45) is 18.6. The second-order valence-electron chi connectivity index (χ2n) is 9.28. The van der Waals surface area contributed by atoms with Gasteiger partial charge in [-0.05, 0) is 118 Å². The lowest BCUT2D eigenvalue weighted by molar-refractivity contribution is 0.371. The topological polar surface area (TPSA) is 77.8 Å². The van der Waals surface area contributed by atoms with Crippen LogP contribution in [0.3, 0.4) is 0 Å². The average molecular weight is 529 g/mol. The van der Waals surface area contributed by atoms with E-state index in [1.54, 1.807) is 12.2 Å². The SMILES string of the molecule is C/C=C(\CC)CC1=C(C)C=C=C(CCCP(=O)(O)O)C=C1C.C=C/C(O)=C(\C)CC1=CC=C(F)CC=C1. The molecule has 0 amide bonds. The number of aliphatic hydroxyl groups excluding tert-OH is 1. The molecule has 0 aliphatic heterocycles. The molecule has 0 heterocycles. The lowest BCUT2D eigenvalue weighted by Crippen LogP contribution is -1.94. The molecule has 6 heteroatoms. The Balaban J connectivity index is 0.000000397. The van der Waals surface area contributed by atoms with Crippen LogP contribution in [0, 0.1) is 0 Å². The minimum absolute atomic E-state index is 0.0666. The summed E-state index contributed by atoms with van der Waals surface area (Å²) >= 11 is 0. The number of allylic oxidation sites excluding steroid dienone is 15. The Hall–Kier alpha value is -2.68. The van der Waals surface area contributed by atoms with Crippen molar-refractivity contribution in [1.29, 1.82) is 0 Å². The third-order valence-corrected chi connectivity index (χ3v) is 7.10. The van der Waals surface area contributed by atoms with Crippen LogP contribution in [0.15, 0.2) is 112 Å². The summed E-state index contributed by atoms with van der Waals surface area (Å²) in [6.45, 7) is 13.8. The van der Waals surface area contributed by atoms with Crippen molar-refractivity contribution in [2.45, 2.75) is 73.1 Å². The van der Waals surface area contributed by atoms with Crippen molar-refractivity contribution in [3.63, 3.8) is 0 Å². The lowest BCUT2D eigenvalue weighted by Gasteiger charge is -2.12. The van der Waals surface area contributed by atoms with Crippen LogP contribution in [-0.2, 0) is 4.57 Å². The van der Waals surface area contributed by atoms with Gasteiger partial charge in [0.15, 0.2) is 0 Å². The molecule has 0 fully saturated rings. The van der Waals surface area contributed by atoms with Crippen molar-refractivity contribution in [1.82, 2.24) is 0 Å². The fourth-order valence-electron chi connectivity index (χ4n) is 3.88. The van der Waals surface area contributed by atoms with E-state index in [-0.39, 0.29) is 17.7 Å². The normalized spacial score (nSPS) is 16.9. The maximum absolute atomic E-state index is 12.9. The van der Waals surface area contributed by atoms with Gasteiger partial charge < -0.3 is 14.9 Å². The van der Waals surface area contributed by atoms with E-state index in [1.807, 2.05) is 19.1 Å². The summed E-state index contributed by atoms with van der Waals surface area (Å²) in [5.74, 6) is 0.0498. The molecular formula is C31H42FO4P. The molecule has 0 atom stereocenters. The average Bonchev–Trinajstić information content (AvgIpc) is 3.12. The molecule has 4 nitrogen and oxygen atoms in total. The molecule has 0 aromatic carbocycles. The first-order valence-electron chi connectivity index (χ1n) is 12.7. The molecule has 0 radical (unpaired) electrons. The number of aliphatic hydroxyl groups is 1. The highest BCUT2D eigenvalue weighted by Crippen LogP contribution is 2.36. The van der Waals surface area contributed by atoms with Gasteiger partial charge in [0.25, 0.3) is 0 Å². The molecule has 202 valence electrons. The third-order valence-electron chi connectivity index (χ3n) is 6.20. The molecule has 0 aromatic heterocycles. The van der Waals surface area contributed by atoms with E-state index in [9.17, 15) is 14.1 Å². The van der Waals surface area contributed by atoms with E-state index in [2.05, 4.69) is 52.2 Å². The Morgan fingerprint density at radius 1 is 1.24 bits per heavy atom. The van der Waals surface area contributed by atoms with E-state index >= 15 is 0 Å². The zero-order chi connectivity index (χ0) is 28.0. The molecule has 0 aromatic rings. The van der Waals surface area contributed by atoms with Crippen LogP contribution in [0.2, 0.25) is 0 Å². The number of hydrogen-bond acceptors (Lipinski definition) is 2. The van der Waals surface area contributed by atoms with Gasteiger partial charge in [-0.15, -0.1) is 5.73 Å². The van der Waals surface area contributed by atoms with E-state index in [0.717, 1.165) is 29.6 Å². The molecule has 2 aliphatic carbocycles. The van der Waals surface area contributed by atoms with Crippen molar-refractivity contribution >= 4 is 7.60 Å².